The van der Waals surface area contributed by atoms with Crippen LogP contribution in [0.3, 0.4) is 0 Å². The SMILES string of the molecule is C=C(CN)CN(C)C1CC1. The summed E-state index contributed by atoms with van der Waals surface area (Å²) < 4.78 is 0. The molecule has 0 aromatic rings. The van der Waals surface area contributed by atoms with Crippen LogP contribution in [0, 0.1) is 0 Å². The monoisotopic (exact) mass is 140 g/mol. The van der Waals surface area contributed by atoms with Gasteiger partial charge in [0.15, 0.2) is 0 Å². The molecule has 58 valence electrons. The number of nitrogens with two attached hydrogens (primary N) is 1. The molecule has 0 aromatic carbocycles. The molecular weight excluding hydrogens is 124 g/mol. The molecular formula is C8H16N2. The third-order valence-electron chi connectivity index (χ3n) is 1.93. The van der Waals surface area contributed by atoms with Crippen molar-refractivity contribution < 1.29 is 0 Å². The van der Waals surface area contributed by atoms with E-state index in [0.717, 1.165) is 18.2 Å². The molecule has 1 rings (SSSR count). The Hall–Kier alpha value is -0.340. The van der Waals surface area contributed by atoms with Gasteiger partial charge >= 0.3 is 0 Å². The first kappa shape index (κ1) is 7.76. The second-order valence-electron chi connectivity index (χ2n) is 3.10. The molecule has 0 saturated heterocycles. The first-order valence-electron chi connectivity index (χ1n) is 3.81. The van der Waals surface area contributed by atoms with Gasteiger partial charge in [0, 0.05) is 19.1 Å². The highest BCUT2D eigenvalue weighted by Gasteiger charge is 2.25. The van der Waals surface area contributed by atoms with Crippen LogP contribution in [0.25, 0.3) is 0 Å². The van der Waals surface area contributed by atoms with Crippen molar-refractivity contribution in [2.75, 3.05) is 20.1 Å². The van der Waals surface area contributed by atoms with Gasteiger partial charge in [-0.1, -0.05) is 6.58 Å². The van der Waals surface area contributed by atoms with E-state index in [0.29, 0.717) is 6.54 Å². The number of nitrogens with zero attached hydrogens (tertiary/aromatic N) is 1. The minimum atomic E-state index is 0.622. The minimum Gasteiger partial charge on any atom is -0.327 e. The second kappa shape index (κ2) is 3.17. The molecule has 0 amide bonds. The Bertz CT molecular complexity index is 127. The summed E-state index contributed by atoms with van der Waals surface area (Å²) in [5, 5.41) is 0. The van der Waals surface area contributed by atoms with E-state index in [9.17, 15) is 0 Å². The molecule has 0 spiro atoms. The van der Waals surface area contributed by atoms with Crippen molar-refractivity contribution >= 4 is 0 Å². The van der Waals surface area contributed by atoms with Crippen LogP contribution < -0.4 is 5.73 Å². The lowest BCUT2D eigenvalue weighted by Gasteiger charge is -2.15. The van der Waals surface area contributed by atoms with Crippen LogP contribution >= 0.6 is 0 Å². The zero-order valence-electron chi connectivity index (χ0n) is 6.64. The molecule has 2 nitrogen and oxygen atoms in total. The molecule has 10 heavy (non-hydrogen) atoms. The fourth-order valence-electron chi connectivity index (χ4n) is 1.06. The van der Waals surface area contributed by atoms with Crippen LogP contribution in [0.15, 0.2) is 12.2 Å². The number of likely N-dealkylation sites (N-methyl/N-ethyl adjacent to an activating group) is 1. The Balaban J connectivity index is 2.16. The third kappa shape index (κ3) is 2.12. The molecule has 0 bridgehead atoms. The van der Waals surface area contributed by atoms with E-state index in [4.69, 9.17) is 5.73 Å². The van der Waals surface area contributed by atoms with Crippen LogP contribution in [0.4, 0.5) is 0 Å². The summed E-state index contributed by atoms with van der Waals surface area (Å²) in [5.74, 6) is 0. The van der Waals surface area contributed by atoms with E-state index < -0.39 is 0 Å². The summed E-state index contributed by atoms with van der Waals surface area (Å²) in [5.41, 5.74) is 6.55. The number of rotatable bonds is 4. The summed E-state index contributed by atoms with van der Waals surface area (Å²) in [7, 11) is 2.14. The van der Waals surface area contributed by atoms with Crippen molar-refractivity contribution in [2.24, 2.45) is 5.73 Å². The Labute approximate surface area is 62.7 Å². The Morgan fingerprint density at radius 3 is 2.70 bits per heavy atom. The van der Waals surface area contributed by atoms with E-state index in [-0.39, 0.29) is 0 Å². The highest BCUT2D eigenvalue weighted by molar-refractivity contribution is 5.00. The Morgan fingerprint density at radius 1 is 1.70 bits per heavy atom. The molecule has 0 aromatic heterocycles. The van der Waals surface area contributed by atoms with Gasteiger partial charge in [-0.2, -0.15) is 0 Å². The Morgan fingerprint density at radius 2 is 2.30 bits per heavy atom. The van der Waals surface area contributed by atoms with Gasteiger partial charge in [0.05, 0.1) is 0 Å². The predicted molar refractivity (Wildman–Crippen MR) is 43.8 cm³/mol. The van der Waals surface area contributed by atoms with Gasteiger partial charge in [0.25, 0.3) is 0 Å². The van der Waals surface area contributed by atoms with Gasteiger partial charge in [-0.15, -0.1) is 0 Å². The standard InChI is InChI=1S/C8H16N2/c1-7(5-9)6-10(2)8-3-4-8/h8H,1,3-6,9H2,2H3. The molecule has 0 unspecified atom stereocenters. The van der Waals surface area contributed by atoms with Crippen molar-refractivity contribution in [3.05, 3.63) is 12.2 Å². The smallest absolute Gasteiger partial charge is 0.0202 e. The molecule has 1 saturated carbocycles. The summed E-state index contributed by atoms with van der Waals surface area (Å²) >= 11 is 0. The van der Waals surface area contributed by atoms with Gasteiger partial charge < -0.3 is 5.73 Å². The maximum absolute atomic E-state index is 5.41. The molecule has 1 aliphatic carbocycles. The molecule has 1 fully saturated rings. The molecule has 0 aliphatic heterocycles. The molecule has 2 heteroatoms. The second-order valence-corrected chi connectivity index (χ2v) is 3.10. The maximum atomic E-state index is 5.41. The van der Waals surface area contributed by atoms with Gasteiger partial charge in [-0.25, -0.2) is 0 Å². The quantitative estimate of drug-likeness (QED) is 0.579. The van der Waals surface area contributed by atoms with Crippen molar-refractivity contribution in [3.8, 4) is 0 Å². The topological polar surface area (TPSA) is 29.3 Å². The summed E-state index contributed by atoms with van der Waals surface area (Å²) in [6, 6.07) is 0.822. The average Bonchev–Trinajstić information content (AvgIpc) is 2.68. The largest absolute Gasteiger partial charge is 0.327 e. The highest BCUT2D eigenvalue weighted by Crippen LogP contribution is 2.25. The van der Waals surface area contributed by atoms with Crippen LogP contribution in [-0.4, -0.2) is 31.1 Å². The summed E-state index contributed by atoms with van der Waals surface area (Å²) in [4.78, 5) is 2.33. The van der Waals surface area contributed by atoms with Crippen LogP contribution in [-0.2, 0) is 0 Å². The van der Waals surface area contributed by atoms with E-state index in [1.165, 1.54) is 12.8 Å². The lowest BCUT2D eigenvalue weighted by Crippen LogP contribution is -2.25. The van der Waals surface area contributed by atoms with Crippen molar-refractivity contribution in [1.82, 2.24) is 4.90 Å². The predicted octanol–water partition coefficient (Wildman–Crippen LogP) is 0.595. The summed E-state index contributed by atoms with van der Waals surface area (Å²) in [6.45, 7) is 5.45. The van der Waals surface area contributed by atoms with Crippen LogP contribution in [0.1, 0.15) is 12.8 Å². The van der Waals surface area contributed by atoms with Crippen molar-refractivity contribution in [2.45, 2.75) is 18.9 Å². The van der Waals surface area contributed by atoms with Gasteiger partial charge in [0.1, 0.15) is 0 Å². The number of hydrogen-bond acceptors (Lipinski definition) is 2. The van der Waals surface area contributed by atoms with Crippen LogP contribution in [0.2, 0.25) is 0 Å². The van der Waals surface area contributed by atoms with E-state index >= 15 is 0 Å². The first-order valence-corrected chi connectivity index (χ1v) is 3.81. The molecule has 2 N–H and O–H groups in total. The lowest BCUT2D eigenvalue weighted by molar-refractivity contribution is 0.351. The van der Waals surface area contributed by atoms with Gasteiger partial charge in [0.2, 0.25) is 0 Å². The van der Waals surface area contributed by atoms with Crippen molar-refractivity contribution in [3.63, 3.8) is 0 Å². The molecule has 0 radical (unpaired) electrons. The number of hydrogen-bond donors (Lipinski definition) is 1. The van der Waals surface area contributed by atoms with Gasteiger partial charge in [-0.05, 0) is 25.5 Å². The first-order chi connectivity index (χ1) is 4.74. The van der Waals surface area contributed by atoms with Gasteiger partial charge in [-0.3, -0.25) is 4.90 Å². The van der Waals surface area contributed by atoms with E-state index in [1.54, 1.807) is 0 Å². The van der Waals surface area contributed by atoms with Crippen LogP contribution in [0.5, 0.6) is 0 Å². The fourth-order valence-corrected chi connectivity index (χ4v) is 1.06. The Kier molecular flexibility index (Phi) is 2.46. The maximum Gasteiger partial charge on any atom is 0.0202 e. The zero-order chi connectivity index (χ0) is 7.56. The molecule has 0 heterocycles. The summed E-state index contributed by atoms with van der Waals surface area (Å²) in [6.07, 6.45) is 2.71. The highest BCUT2D eigenvalue weighted by atomic mass is 15.1. The normalized spacial score (nSPS) is 17.9. The fraction of sp³-hybridized carbons (Fsp3) is 0.750. The van der Waals surface area contributed by atoms with E-state index in [2.05, 4.69) is 18.5 Å². The zero-order valence-corrected chi connectivity index (χ0v) is 6.64. The van der Waals surface area contributed by atoms with Crippen molar-refractivity contribution in [1.29, 1.82) is 0 Å². The molecule has 1 aliphatic rings. The van der Waals surface area contributed by atoms with E-state index in [1.807, 2.05) is 0 Å². The molecule has 0 atom stereocenters. The minimum absolute atomic E-state index is 0.622. The lowest BCUT2D eigenvalue weighted by atomic mass is 10.3. The average molecular weight is 140 g/mol. The third-order valence-corrected chi connectivity index (χ3v) is 1.93.